The van der Waals surface area contributed by atoms with Gasteiger partial charge < -0.3 is 18.9 Å². The second-order valence-corrected chi connectivity index (χ2v) is 10.2. The molecule has 29 heavy (non-hydrogen) atoms. The minimum Gasteiger partial charge on any atom is -0.464 e. The Morgan fingerprint density at radius 1 is 1.34 bits per heavy atom. The van der Waals surface area contributed by atoms with E-state index >= 15 is 0 Å². The maximum Gasteiger partial charge on any atom is 0.330 e. The Bertz CT molecular complexity index is 966. The highest BCUT2D eigenvalue weighted by Crippen LogP contribution is 2.48. The van der Waals surface area contributed by atoms with E-state index in [0.29, 0.717) is 5.82 Å². The molecule has 0 aromatic carbocycles. The molecule has 2 aliphatic heterocycles. The lowest BCUT2D eigenvalue weighted by atomic mass is 9.92. The maximum atomic E-state index is 13.0. The normalized spacial score (nSPS) is 26.4. The Morgan fingerprint density at radius 3 is 2.62 bits per heavy atom. The van der Waals surface area contributed by atoms with E-state index in [0.717, 1.165) is 4.90 Å². The fraction of sp³-hybridized carbons (Fsp3) is 0.556. The minimum atomic E-state index is -3.90. The quantitative estimate of drug-likeness (QED) is 0.328. The topological polar surface area (TPSA) is 125 Å². The van der Waals surface area contributed by atoms with E-state index in [9.17, 15) is 22.8 Å². The van der Waals surface area contributed by atoms with Gasteiger partial charge in [-0.05, 0) is 13.8 Å². The van der Waals surface area contributed by atoms with Crippen LogP contribution in [-0.2, 0) is 47.2 Å². The van der Waals surface area contributed by atoms with Crippen molar-refractivity contribution in [2.75, 3.05) is 13.2 Å². The molecule has 0 radical (unpaired) electrons. The van der Waals surface area contributed by atoms with E-state index in [1.54, 1.807) is 17.8 Å². The number of aryl methyl sites for hydroxylation is 1. The van der Waals surface area contributed by atoms with Gasteiger partial charge >= 0.3 is 11.9 Å². The Balaban J connectivity index is 1.72. The first-order valence-electron chi connectivity index (χ1n) is 8.99. The number of hydrogen-bond donors (Lipinski definition) is 0. The molecule has 1 amide bonds. The van der Waals surface area contributed by atoms with E-state index in [2.05, 4.69) is 11.6 Å². The number of hydrogen-bond acceptors (Lipinski definition) is 8. The number of β-lactam (4-membered cyclic amide) rings is 1. The maximum absolute atomic E-state index is 13.0. The lowest BCUT2D eigenvalue weighted by Gasteiger charge is -2.42. The first kappa shape index (κ1) is 21.0. The van der Waals surface area contributed by atoms with Crippen LogP contribution in [0.5, 0.6) is 0 Å². The highest BCUT2D eigenvalue weighted by Gasteiger charge is 2.72. The second kappa shape index (κ2) is 7.29. The third kappa shape index (κ3) is 3.22. The van der Waals surface area contributed by atoms with Gasteiger partial charge in [-0.2, -0.15) is 0 Å². The van der Waals surface area contributed by atoms with E-state index in [1.165, 1.54) is 26.1 Å². The highest BCUT2D eigenvalue weighted by molar-refractivity contribution is 7.93. The van der Waals surface area contributed by atoms with Crippen molar-refractivity contribution in [1.29, 1.82) is 0 Å². The number of nitrogens with zero attached hydrogens (tertiary/aromatic N) is 3. The fourth-order valence-electron chi connectivity index (χ4n) is 3.69. The molecule has 2 fully saturated rings. The van der Waals surface area contributed by atoms with E-state index < -0.39 is 49.8 Å². The number of amides is 1. The Labute approximate surface area is 168 Å². The molecule has 0 N–H and O–H groups in total. The average Bonchev–Trinajstić information content (AvgIpc) is 3.10. The van der Waals surface area contributed by atoms with Crippen LogP contribution >= 0.6 is 0 Å². The molecule has 0 aliphatic carbocycles. The summed E-state index contributed by atoms with van der Waals surface area (Å²) in [6.45, 7) is 5.74. The molecule has 2 aliphatic rings. The van der Waals surface area contributed by atoms with Gasteiger partial charge in [0.15, 0.2) is 15.2 Å². The van der Waals surface area contributed by atoms with Crippen molar-refractivity contribution < 1.29 is 32.3 Å². The zero-order chi connectivity index (χ0) is 21.6. The zero-order valence-corrected chi connectivity index (χ0v) is 17.2. The van der Waals surface area contributed by atoms with Crippen molar-refractivity contribution in [1.82, 2.24) is 14.5 Å². The summed E-state index contributed by atoms with van der Waals surface area (Å²) in [5, 5.41) is -1.23. The lowest BCUT2D eigenvalue weighted by Crippen LogP contribution is -2.65. The summed E-state index contributed by atoms with van der Waals surface area (Å²) >= 11 is 0. The van der Waals surface area contributed by atoms with Gasteiger partial charge in [0.25, 0.3) is 0 Å². The summed E-state index contributed by atoms with van der Waals surface area (Å²) in [6, 6.07) is -1.26. The summed E-state index contributed by atoms with van der Waals surface area (Å²) < 4.78 is 36.2. The van der Waals surface area contributed by atoms with Crippen LogP contribution in [0.25, 0.3) is 0 Å². The summed E-state index contributed by atoms with van der Waals surface area (Å²) in [5.41, 5.74) is 0. The summed E-state index contributed by atoms with van der Waals surface area (Å²) in [6.07, 6.45) is 4.46. The van der Waals surface area contributed by atoms with Gasteiger partial charge in [-0.3, -0.25) is 9.59 Å². The number of aromatic nitrogens is 2. The van der Waals surface area contributed by atoms with Gasteiger partial charge in [-0.25, -0.2) is 18.2 Å². The molecule has 0 spiro atoms. The molecule has 3 atom stereocenters. The van der Waals surface area contributed by atoms with Crippen molar-refractivity contribution in [2.24, 2.45) is 13.0 Å². The summed E-state index contributed by atoms with van der Waals surface area (Å²) in [4.78, 5) is 42.1. The standard InChI is InChI=1S/C18H23N3O7S/c1-5-8-27-17(24)14-18(2,3)29(25,26)16-11(15(23)21(14)16)10-28-13(22)9-12-19-6-7-20(12)4/h5-7,11,14,16H,1,8-10H2,2-4H3/t11?,14-,16+/m0/s1. The number of carbonyl (C=O) groups excluding carboxylic acids is 3. The van der Waals surface area contributed by atoms with Gasteiger partial charge in [0, 0.05) is 19.4 Å². The van der Waals surface area contributed by atoms with Crippen molar-refractivity contribution in [2.45, 2.75) is 36.4 Å². The van der Waals surface area contributed by atoms with Crippen LogP contribution in [0.4, 0.5) is 0 Å². The molecule has 1 aromatic rings. The van der Waals surface area contributed by atoms with Gasteiger partial charge in [0.05, 0.1) is 4.75 Å². The van der Waals surface area contributed by atoms with Crippen LogP contribution in [-0.4, -0.2) is 70.1 Å². The van der Waals surface area contributed by atoms with Crippen LogP contribution in [0.3, 0.4) is 0 Å². The molecule has 3 rings (SSSR count). The number of imidazole rings is 1. The highest BCUT2D eigenvalue weighted by atomic mass is 32.2. The van der Waals surface area contributed by atoms with Crippen molar-refractivity contribution >= 4 is 27.7 Å². The number of fused-ring (bicyclic) bond motifs is 1. The molecular formula is C18H23N3O7S. The molecule has 1 aromatic heterocycles. The number of sulfone groups is 1. The van der Waals surface area contributed by atoms with Crippen molar-refractivity contribution in [3.63, 3.8) is 0 Å². The number of rotatable bonds is 7. The predicted octanol–water partition coefficient (Wildman–Crippen LogP) is -0.405. The van der Waals surface area contributed by atoms with Crippen LogP contribution in [0, 0.1) is 5.92 Å². The Kier molecular flexibility index (Phi) is 5.28. The smallest absolute Gasteiger partial charge is 0.330 e. The molecule has 0 saturated carbocycles. The van der Waals surface area contributed by atoms with Gasteiger partial charge in [0.2, 0.25) is 5.91 Å². The molecule has 0 bridgehead atoms. The largest absolute Gasteiger partial charge is 0.464 e. The van der Waals surface area contributed by atoms with Crippen molar-refractivity contribution in [3.8, 4) is 0 Å². The second-order valence-electron chi connectivity index (χ2n) is 7.53. The molecule has 2 saturated heterocycles. The van der Waals surface area contributed by atoms with Crippen LogP contribution in [0.1, 0.15) is 19.7 Å². The number of esters is 2. The molecule has 11 heteroatoms. The third-order valence-electron chi connectivity index (χ3n) is 5.39. The summed E-state index contributed by atoms with van der Waals surface area (Å²) in [7, 11) is -2.18. The minimum absolute atomic E-state index is 0.0909. The Morgan fingerprint density at radius 2 is 2.03 bits per heavy atom. The average molecular weight is 425 g/mol. The molecular weight excluding hydrogens is 402 g/mol. The number of ether oxygens (including phenoxy) is 2. The molecule has 158 valence electrons. The SMILES string of the molecule is C=CCOC(=O)[C@@H]1N2C(=O)C(COC(=O)Cc3nccn3C)[C@H]2S(=O)(=O)C1(C)C. The van der Waals surface area contributed by atoms with Gasteiger partial charge in [-0.15, -0.1) is 0 Å². The van der Waals surface area contributed by atoms with Crippen LogP contribution in [0.2, 0.25) is 0 Å². The van der Waals surface area contributed by atoms with Crippen LogP contribution in [0.15, 0.2) is 25.0 Å². The monoisotopic (exact) mass is 425 g/mol. The van der Waals surface area contributed by atoms with E-state index in [4.69, 9.17) is 9.47 Å². The fourth-order valence-corrected chi connectivity index (χ4v) is 5.99. The predicted molar refractivity (Wildman–Crippen MR) is 99.9 cm³/mol. The van der Waals surface area contributed by atoms with E-state index in [-0.39, 0.29) is 19.6 Å². The molecule has 10 nitrogen and oxygen atoms in total. The van der Waals surface area contributed by atoms with Crippen LogP contribution < -0.4 is 0 Å². The zero-order valence-electron chi connectivity index (χ0n) is 16.4. The first-order chi connectivity index (χ1) is 13.5. The van der Waals surface area contributed by atoms with Gasteiger partial charge in [-0.1, -0.05) is 12.7 Å². The third-order valence-corrected chi connectivity index (χ3v) is 8.27. The first-order valence-corrected chi connectivity index (χ1v) is 10.5. The lowest BCUT2D eigenvalue weighted by molar-refractivity contribution is -0.170. The summed E-state index contributed by atoms with van der Waals surface area (Å²) in [5.74, 6) is -2.56. The van der Waals surface area contributed by atoms with Gasteiger partial charge in [0.1, 0.15) is 37.4 Å². The van der Waals surface area contributed by atoms with E-state index in [1.807, 2.05) is 0 Å². The van der Waals surface area contributed by atoms with Crippen molar-refractivity contribution in [3.05, 3.63) is 30.9 Å². The Hall–Kier alpha value is -2.69. The molecule has 1 unspecified atom stereocenters. The number of carbonyl (C=O) groups is 3. The molecule has 3 heterocycles.